The summed E-state index contributed by atoms with van der Waals surface area (Å²) in [4.78, 5) is 16.0. The molecule has 0 bridgehead atoms. The van der Waals surface area contributed by atoms with Gasteiger partial charge in [-0.25, -0.2) is 9.18 Å². The van der Waals surface area contributed by atoms with Crippen LogP contribution in [0.25, 0.3) is 10.9 Å². The first-order valence-electron chi connectivity index (χ1n) is 7.26. The Bertz CT molecular complexity index is 865. The lowest BCUT2D eigenvalue weighted by molar-refractivity contribution is 0.0526. The minimum absolute atomic E-state index is 0.324. The molecule has 4 nitrogen and oxygen atoms in total. The molecular formula is C18H15FN2O2. The highest BCUT2D eigenvalue weighted by atomic mass is 19.1. The Morgan fingerprint density at radius 3 is 2.91 bits per heavy atom. The second-order valence-electron chi connectivity index (χ2n) is 4.95. The first-order chi connectivity index (χ1) is 11.2. The number of hydrogen-bond acceptors (Lipinski definition) is 4. The number of benzene rings is 2. The molecule has 3 aromatic rings. The summed E-state index contributed by atoms with van der Waals surface area (Å²) in [5.41, 5.74) is 2.59. The highest BCUT2D eigenvalue weighted by molar-refractivity contribution is 5.94. The fourth-order valence-electron chi connectivity index (χ4n) is 2.32. The van der Waals surface area contributed by atoms with Crippen LogP contribution in [-0.2, 0) is 4.74 Å². The van der Waals surface area contributed by atoms with Crippen LogP contribution < -0.4 is 5.32 Å². The van der Waals surface area contributed by atoms with Crippen molar-refractivity contribution in [3.8, 4) is 0 Å². The largest absolute Gasteiger partial charge is 0.462 e. The normalized spacial score (nSPS) is 10.5. The zero-order chi connectivity index (χ0) is 16.2. The third-order valence-electron chi connectivity index (χ3n) is 3.36. The monoisotopic (exact) mass is 310 g/mol. The summed E-state index contributed by atoms with van der Waals surface area (Å²) in [5, 5.41) is 3.87. The van der Waals surface area contributed by atoms with Gasteiger partial charge in [0, 0.05) is 23.0 Å². The van der Waals surface area contributed by atoms with Gasteiger partial charge in [-0.2, -0.15) is 0 Å². The summed E-state index contributed by atoms with van der Waals surface area (Å²) in [6.45, 7) is 2.09. The fourth-order valence-corrected chi connectivity index (χ4v) is 2.32. The average Bonchev–Trinajstić information content (AvgIpc) is 2.56. The molecule has 116 valence electrons. The van der Waals surface area contributed by atoms with Gasteiger partial charge in [0.2, 0.25) is 0 Å². The molecule has 0 aliphatic rings. The van der Waals surface area contributed by atoms with E-state index in [0.29, 0.717) is 28.8 Å². The van der Waals surface area contributed by atoms with Crippen molar-refractivity contribution in [2.24, 2.45) is 0 Å². The van der Waals surface area contributed by atoms with E-state index >= 15 is 0 Å². The number of pyridine rings is 1. The molecule has 3 rings (SSSR count). The molecule has 1 heterocycles. The highest BCUT2D eigenvalue weighted by Crippen LogP contribution is 2.26. The molecule has 0 radical (unpaired) electrons. The SMILES string of the molecule is CCOC(=O)c1cccc(Nc2ccnc3ccc(F)cc23)c1. The summed E-state index contributed by atoms with van der Waals surface area (Å²) < 4.78 is 18.5. The molecule has 0 aliphatic carbocycles. The molecule has 5 heteroatoms. The topological polar surface area (TPSA) is 51.2 Å². The van der Waals surface area contributed by atoms with Crippen molar-refractivity contribution in [3.05, 3.63) is 66.1 Å². The maximum absolute atomic E-state index is 13.5. The standard InChI is InChI=1S/C18H15FN2O2/c1-2-23-18(22)12-4-3-5-14(10-12)21-17-8-9-20-16-7-6-13(19)11-15(16)17/h3-11H,2H2,1H3,(H,20,21). The number of ether oxygens (including phenoxy) is 1. The van der Waals surface area contributed by atoms with Gasteiger partial charge < -0.3 is 10.1 Å². The van der Waals surface area contributed by atoms with Crippen LogP contribution in [0.1, 0.15) is 17.3 Å². The number of esters is 1. The number of anilines is 2. The Balaban J connectivity index is 1.95. The number of carbonyl (C=O) groups is 1. The molecule has 1 aromatic heterocycles. The van der Waals surface area contributed by atoms with E-state index in [-0.39, 0.29) is 11.8 Å². The predicted molar refractivity (Wildman–Crippen MR) is 87.4 cm³/mol. The predicted octanol–water partition coefficient (Wildman–Crippen LogP) is 4.29. The maximum Gasteiger partial charge on any atom is 0.338 e. The van der Waals surface area contributed by atoms with Crippen molar-refractivity contribution in [2.45, 2.75) is 6.92 Å². The van der Waals surface area contributed by atoms with Crippen molar-refractivity contribution in [2.75, 3.05) is 11.9 Å². The smallest absolute Gasteiger partial charge is 0.338 e. The van der Waals surface area contributed by atoms with E-state index in [9.17, 15) is 9.18 Å². The van der Waals surface area contributed by atoms with Gasteiger partial charge in [-0.1, -0.05) is 6.07 Å². The number of nitrogens with zero attached hydrogens (tertiary/aromatic N) is 1. The molecule has 0 atom stereocenters. The lowest BCUT2D eigenvalue weighted by atomic mass is 10.1. The lowest BCUT2D eigenvalue weighted by Gasteiger charge is -2.10. The molecule has 23 heavy (non-hydrogen) atoms. The van der Waals surface area contributed by atoms with E-state index < -0.39 is 0 Å². The number of aromatic nitrogens is 1. The van der Waals surface area contributed by atoms with Gasteiger partial charge in [0.1, 0.15) is 5.82 Å². The van der Waals surface area contributed by atoms with Crippen LogP contribution >= 0.6 is 0 Å². The van der Waals surface area contributed by atoms with Gasteiger partial charge in [0.25, 0.3) is 0 Å². The van der Waals surface area contributed by atoms with E-state index in [1.54, 1.807) is 43.5 Å². The van der Waals surface area contributed by atoms with Crippen molar-refractivity contribution in [3.63, 3.8) is 0 Å². The summed E-state index contributed by atoms with van der Waals surface area (Å²) in [6.07, 6.45) is 1.65. The Morgan fingerprint density at radius 1 is 1.22 bits per heavy atom. The van der Waals surface area contributed by atoms with Gasteiger partial charge in [-0.15, -0.1) is 0 Å². The lowest BCUT2D eigenvalue weighted by Crippen LogP contribution is -2.05. The number of hydrogen-bond donors (Lipinski definition) is 1. The van der Waals surface area contributed by atoms with E-state index in [2.05, 4.69) is 10.3 Å². The number of fused-ring (bicyclic) bond motifs is 1. The molecule has 0 aliphatic heterocycles. The molecule has 2 aromatic carbocycles. The zero-order valence-corrected chi connectivity index (χ0v) is 12.5. The van der Waals surface area contributed by atoms with Crippen LogP contribution in [0.3, 0.4) is 0 Å². The van der Waals surface area contributed by atoms with E-state index in [4.69, 9.17) is 4.74 Å². The minimum atomic E-state index is -0.373. The Kier molecular flexibility index (Phi) is 4.19. The summed E-state index contributed by atoms with van der Waals surface area (Å²) in [6, 6.07) is 13.2. The molecule has 0 saturated heterocycles. The van der Waals surface area contributed by atoms with Crippen molar-refractivity contribution >= 4 is 28.2 Å². The van der Waals surface area contributed by atoms with Gasteiger partial charge in [0.15, 0.2) is 0 Å². The molecule has 0 saturated carbocycles. The van der Waals surface area contributed by atoms with Crippen LogP contribution in [-0.4, -0.2) is 17.6 Å². The van der Waals surface area contributed by atoms with Gasteiger partial charge in [-0.3, -0.25) is 4.98 Å². The highest BCUT2D eigenvalue weighted by Gasteiger charge is 2.08. The second-order valence-corrected chi connectivity index (χ2v) is 4.95. The summed E-state index contributed by atoms with van der Waals surface area (Å²) in [5.74, 6) is -0.699. The zero-order valence-electron chi connectivity index (χ0n) is 12.5. The Labute approximate surface area is 132 Å². The van der Waals surface area contributed by atoms with Crippen molar-refractivity contribution < 1.29 is 13.9 Å². The number of halogens is 1. The number of nitrogens with one attached hydrogen (secondary N) is 1. The van der Waals surface area contributed by atoms with Crippen LogP contribution in [0.5, 0.6) is 0 Å². The van der Waals surface area contributed by atoms with E-state index in [1.807, 2.05) is 6.07 Å². The third-order valence-corrected chi connectivity index (χ3v) is 3.36. The minimum Gasteiger partial charge on any atom is -0.462 e. The van der Waals surface area contributed by atoms with E-state index in [1.165, 1.54) is 12.1 Å². The third kappa shape index (κ3) is 3.29. The van der Waals surface area contributed by atoms with Gasteiger partial charge >= 0.3 is 5.97 Å². The molecule has 0 unspecified atom stereocenters. The molecular weight excluding hydrogens is 295 g/mol. The van der Waals surface area contributed by atoms with Crippen LogP contribution in [0.4, 0.5) is 15.8 Å². The second kappa shape index (κ2) is 6.44. The van der Waals surface area contributed by atoms with Crippen LogP contribution in [0, 0.1) is 5.82 Å². The molecule has 0 amide bonds. The Morgan fingerprint density at radius 2 is 2.09 bits per heavy atom. The van der Waals surface area contributed by atoms with Crippen LogP contribution in [0.2, 0.25) is 0 Å². The van der Waals surface area contributed by atoms with Crippen LogP contribution in [0.15, 0.2) is 54.7 Å². The van der Waals surface area contributed by atoms with Crippen molar-refractivity contribution in [1.29, 1.82) is 0 Å². The quantitative estimate of drug-likeness (QED) is 0.730. The van der Waals surface area contributed by atoms with Gasteiger partial charge in [0.05, 0.1) is 17.7 Å². The number of carbonyl (C=O) groups excluding carboxylic acids is 1. The molecule has 0 fully saturated rings. The molecule has 1 N–H and O–H groups in total. The molecule has 0 spiro atoms. The van der Waals surface area contributed by atoms with Gasteiger partial charge in [-0.05, 0) is 49.4 Å². The average molecular weight is 310 g/mol. The maximum atomic E-state index is 13.5. The summed E-state index contributed by atoms with van der Waals surface area (Å²) in [7, 11) is 0. The summed E-state index contributed by atoms with van der Waals surface area (Å²) >= 11 is 0. The van der Waals surface area contributed by atoms with E-state index in [0.717, 1.165) is 5.69 Å². The number of rotatable bonds is 4. The Hall–Kier alpha value is -2.95. The fraction of sp³-hybridized carbons (Fsp3) is 0.111. The first kappa shape index (κ1) is 15.0. The first-order valence-corrected chi connectivity index (χ1v) is 7.26. The van der Waals surface area contributed by atoms with Crippen molar-refractivity contribution in [1.82, 2.24) is 4.98 Å².